The molecule has 0 heterocycles. The Morgan fingerprint density at radius 1 is 1.56 bits per heavy atom. The van der Waals surface area contributed by atoms with Gasteiger partial charge in [-0.05, 0) is 18.8 Å². The van der Waals surface area contributed by atoms with Crippen LogP contribution in [-0.4, -0.2) is 17.8 Å². The van der Waals surface area contributed by atoms with E-state index in [4.69, 9.17) is 5.11 Å². The molecule has 0 aromatic heterocycles. The zero-order chi connectivity index (χ0) is 6.69. The zero-order valence-electron chi connectivity index (χ0n) is 5.64. The van der Waals surface area contributed by atoms with Crippen molar-refractivity contribution < 1.29 is 5.11 Å². The van der Waals surface area contributed by atoms with Crippen LogP contribution in [0.5, 0.6) is 0 Å². The first-order chi connectivity index (χ1) is 4.38. The average molecular weight is 128 g/mol. The Morgan fingerprint density at radius 3 is 2.78 bits per heavy atom. The van der Waals surface area contributed by atoms with Crippen molar-refractivity contribution in [3.63, 3.8) is 0 Å². The Morgan fingerprint density at radius 2 is 2.33 bits per heavy atom. The molecule has 1 rings (SSSR count). The van der Waals surface area contributed by atoms with Gasteiger partial charge in [-0.15, -0.1) is 0 Å². The average Bonchev–Trinajstić information content (AvgIpc) is 2.33. The van der Waals surface area contributed by atoms with E-state index >= 15 is 0 Å². The molecule has 1 fully saturated rings. The molecule has 0 aliphatic heterocycles. The van der Waals surface area contributed by atoms with Crippen molar-refractivity contribution in [2.75, 3.05) is 6.61 Å². The van der Waals surface area contributed by atoms with E-state index in [0.29, 0.717) is 18.6 Å². The van der Waals surface area contributed by atoms with Gasteiger partial charge in [0.25, 0.3) is 0 Å². The standard InChI is InChI=1S/C7H14NO/c1-8-7-4-2-3-6(7)5-9/h6-9H,1-5H2/t6-,7?/m1/s1. The summed E-state index contributed by atoms with van der Waals surface area (Å²) in [5, 5.41) is 11.8. The van der Waals surface area contributed by atoms with Crippen LogP contribution >= 0.6 is 0 Å². The summed E-state index contributed by atoms with van der Waals surface area (Å²) in [6.45, 7) is 0.313. The van der Waals surface area contributed by atoms with E-state index in [1.54, 1.807) is 0 Å². The van der Waals surface area contributed by atoms with Crippen molar-refractivity contribution in [1.82, 2.24) is 5.32 Å². The first kappa shape index (κ1) is 7.03. The third-order valence-electron chi connectivity index (χ3n) is 2.16. The molecule has 0 amide bonds. The van der Waals surface area contributed by atoms with Crippen LogP contribution in [0, 0.1) is 13.0 Å². The second kappa shape index (κ2) is 3.18. The number of hydrogen-bond acceptors (Lipinski definition) is 2. The summed E-state index contributed by atoms with van der Waals surface area (Å²) < 4.78 is 0. The highest BCUT2D eigenvalue weighted by molar-refractivity contribution is 4.81. The van der Waals surface area contributed by atoms with Gasteiger partial charge in [-0.2, -0.15) is 0 Å². The van der Waals surface area contributed by atoms with Crippen LogP contribution in [0.4, 0.5) is 0 Å². The van der Waals surface area contributed by atoms with Gasteiger partial charge in [0.15, 0.2) is 0 Å². The minimum atomic E-state index is 0.313. The van der Waals surface area contributed by atoms with Gasteiger partial charge < -0.3 is 10.4 Å². The topological polar surface area (TPSA) is 32.3 Å². The molecule has 0 aromatic rings. The predicted octanol–water partition coefficient (Wildman–Crippen LogP) is 0.529. The van der Waals surface area contributed by atoms with Crippen LogP contribution in [0.25, 0.3) is 0 Å². The number of nitrogens with one attached hydrogen (secondary N) is 1. The fourth-order valence-corrected chi connectivity index (χ4v) is 1.52. The third-order valence-corrected chi connectivity index (χ3v) is 2.16. The van der Waals surface area contributed by atoms with Crippen molar-refractivity contribution in [2.24, 2.45) is 5.92 Å². The smallest absolute Gasteiger partial charge is 0.0474 e. The summed E-state index contributed by atoms with van der Waals surface area (Å²) in [6.07, 6.45) is 3.57. The molecule has 2 atom stereocenters. The molecule has 1 saturated carbocycles. The van der Waals surface area contributed by atoms with Crippen molar-refractivity contribution in [3.8, 4) is 0 Å². The molecule has 0 saturated heterocycles. The highest BCUT2D eigenvalue weighted by Gasteiger charge is 2.24. The normalized spacial score (nSPS) is 35.3. The molecule has 2 heteroatoms. The number of hydrogen-bond donors (Lipinski definition) is 2. The summed E-state index contributed by atoms with van der Waals surface area (Å²) in [6, 6.07) is 0.468. The van der Waals surface area contributed by atoms with Gasteiger partial charge in [-0.25, -0.2) is 0 Å². The van der Waals surface area contributed by atoms with E-state index in [-0.39, 0.29) is 0 Å². The van der Waals surface area contributed by atoms with E-state index in [2.05, 4.69) is 12.4 Å². The summed E-state index contributed by atoms with van der Waals surface area (Å²) in [5.41, 5.74) is 0. The molecule has 1 radical (unpaired) electrons. The Kier molecular flexibility index (Phi) is 2.49. The Hall–Kier alpha value is -0.0800. The van der Waals surface area contributed by atoms with E-state index in [1.165, 1.54) is 12.8 Å². The Bertz CT molecular complexity index is 75.0. The lowest BCUT2D eigenvalue weighted by atomic mass is 10.1. The molecule has 1 aliphatic carbocycles. The molecule has 1 aliphatic rings. The molecular weight excluding hydrogens is 114 g/mol. The molecule has 0 bridgehead atoms. The molecular formula is C7H14NO. The maximum atomic E-state index is 8.80. The van der Waals surface area contributed by atoms with E-state index in [1.807, 2.05) is 0 Å². The van der Waals surface area contributed by atoms with Crippen molar-refractivity contribution in [1.29, 1.82) is 0 Å². The summed E-state index contributed by atoms with van der Waals surface area (Å²) in [5.74, 6) is 0.461. The zero-order valence-corrected chi connectivity index (χ0v) is 5.64. The maximum Gasteiger partial charge on any atom is 0.0474 e. The number of aliphatic hydroxyl groups excluding tert-OH is 1. The van der Waals surface area contributed by atoms with Crippen LogP contribution in [-0.2, 0) is 0 Å². The van der Waals surface area contributed by atoms with Crippen LogP contribution in [0.1, 0.15) is 19.3 Å². The number of rotatable bonds is 2. The fraction of sp³-hybridized carbons (Fsp3) is 0.857. The molecule has 0 aromatic carbocycles. The van der Waals surface area contributed by atoms with E-state index in [0.717, 1.165) is 6.42 Å². The summed E-state index contributed by atoms with van der Waals surface area (Å²) in [7, 11) is 3.60. The van der Waals surface area contributed by atoms with Gasteiger partial charge in [0.05, 0.1) is 0 Å². The largest absolute Gasteiger partial charge is 0.396 e. The molecule has 2 nitrogen and oxygen atoms in total. The lowest BCUT2D eigenvalue weighted by Gasteiger charge is -2.14. The summed E-state index contributed by atoms with van der Waals surface area (Å²) >= 11 is 0. The van der Waals surface area contributed by atoms with Crippen LogP contribution in [0.3, 0.4) is 0 Å². The molecule has 53 valence electrons. The minimum Gasteiger partial charge on any atom is -0.396 e. The lowest BCUT2D eigenvalue weighted by Crippen LogP contribution is -2.29. The molecule has 0 spiro atoms. The van der Waals surface area contributed by atoms with Gasteiger partial charge in [0.2, 0.25) is 0 Å². The molecule has 9 heavy (non-hydrogen) atoms. The first-order valence-corrected chi connectivity index (χ1v) is 3.52. The van der Waals surface area contributed by atoms with E-state index in [9.17, 15) is 0 Å². The predicted molar refractivity (Wildman–Crippen MR) is 36.7 cm³/mol. The van der Waals surface area contributed by atoms with Crippen LogP contribution in [0.15, 0.2) is 0 Å². The highest BCUT2D eigenvalue weighted by Crippen LogP contribution is 2.24. The van der Waals surface area contributed by atoms with Gasteiger partial charge in [0.1, 0.15) is 0 Å². The van der Waals surface area contributed by atoms with Crippen LogP contribution < -0.4 is 5.32 Å². The van der Waals surface area contributed by atoms with Crippen LogP contribution in [0.2, 0.25) is 0 Å². The minimum absolute atomic E-state index is 0.313. The molecule has 1 unspecified atom stereocenters. The van der Waals surface area contributed by atoms with Gasteiger partial charge in [-0.1, -0.05) is 6.42 Å². The maximum absolute atomic E-state index is 8.80. The molecule has 2 N–H and O–H groups in total. The van der Waals surface area contributed by atoms with Gasteiger partial charge in [-0.3, -0.25) is 0 Å². The Labute approximate surface area is 56.3 Å². The summed E-state index contributed by atoms with van der Waals surface area (Å²) in [4.78, 5) is 0. The van der Waals surface area contributed by atoms with Crippen molar-refractivity contribution in [3.05, 3.63) is 7.05 Å². The monoisotopic (exact) mass is 128 g/mol. The number of aliphatic hydroxyl groups is 1. The van der Waals surface area contributed by atoms with Crippen molar-refractivity contribution >= 4 is 0 Å². The highest BCUT2D eigenvalue weighted by atomic mass is 16.3. The second-order valence-corrected chi connectivity index (χ2v) is 2.68. The van der Waals surface area contributed by atoms with Gasteiger partial charge >= 0.3 is 0 Å². The van der Waals surface area contributed by atoms with Crippen molar-refractivity contribution in [2.45, 2.75) is 25.3 Å². The Balaban J connectivity index is 2.32. The fourth-order valence-electron chi connectivity index (χ4n) is 1.52. The lowest BCUT2D eigenvalue weighted by molar-refractivity contribution is 0.210. The SMILES string of the molecule is [CH2]NC1CCC[C@@H]1CO. The van der Waals surface area contributed by atoms with E-state index < -0.39 is 0 Å². The quantitative estimate of drug-likeness (QED) is 0.568. The first-order valence-electron chi connectivity index (χ1n) is 3.52. The third kappa shape index (κ3) is 1.43. The van der Waals surface area contributed by atoms with Gasteiger partial charge in [0, 0.05) is 19.7 Å². The second-order valence-electron chi connectivity index (χ2n) is 2.68.